The lowest BCUT2D eigenvalue weighted by Crippen LogP contribution is -2.02. The van der Waals surface area contributed by atoms with Crippen molar-refractivity contribution in [3.8, 4) is 0 Å². The molecule has 0 bridgehead atoms. The van der Waals surface area contributed by atoms with Crippen LogP contribution >= 0.6 is 34.0 Å². The second-order valence-electron chi connectivity index (χ2n) is 5.01. The van der Waals surface area contributed by atoms with E-state index < -0.39 is 68.8 Å². The molecule has 0 atom stereocenters. The topological polar surface area (TPSA) is 0 Å². The van der Waals surface area contributed by atoms with Gasteiger partial charge in [-0.05, 0) is 27.7 Å². The van der Waals surface area contributed by atoms with Crippen LogP contribution in [0, 0.1) is 74.2 Å². The van der Waals surface area contributed by atoms with Crippen molar-refractivity contribution < 1.29 is 35.1 Å². The van der Waals surface area contributed by atoms with E-state index in [1.807, 2.05) is 0 Å². The smallest absolute Gasteiger partial charge is 0.165 e. The van der Waals surface area contributed by atoms with Crippen LogP contribution in [0.4, 0.5) is 35.1 Å². The van der Waals surface area contributed by atoms with Gasteiger partial charge in [-0.2, -0.15) is 0 Å². The Morgan fingerprint density at radius 3 is 0.462 bits per heavy atom. The normalized spacial score (nSPS) is 9.69. The number of hydrogen-bond acceptors (Lipinski definition) is 0. The van der Waals surface area contributed by atoms with Crippen LogP contribution in [0.5, 0.6) is 0 Å². The van der Waals surface area contributed by atoms with Crippen molar-refractivity contribution in [2.24, 2.45) is 0 Å². The summed E-state index contributed by atoms with van der Waals surface area (Å²) in [5.41, 5.74) is -2.52. The summed E-state index contributed by atoms with van der Waals surface area (Å²) in [6.07, 6.45) is 0. The summed E-state index contributed by atoms with van der Waals surface area (Å²) in [4.78, 5) is 0. The summed E-state index contributed by atoms with van der Waals surface area (Å²) in [7, 11) is 0. The maximum Gasteiger partial charge on any atom is 0.165 e. The average molecular weight is 518 g/mol. The zero-order valence-corrected chi connectivity index (χ0v) is 17.3. The predicted octanol–water partition coefficient (Wildman–Crippen LogP) is 6.88. The maximum absolute atomic E-state index is 12.7. The lowest BCUT2D eigenvalue weighted by molar-refractivity contribution is 0.436. The van der Waals surface area contributed by atoms with Gasteiger partial charge in [0.05, 0.1) is 0 Å². The number of rotatable bonds is 0. The van der Waals surface area contributed by atoms with Crippen LogP contribution in [-0.2, 0) is 0 Å². The Kier molecular flexibility index (Phi) is 10.7. The summed E-state index contributed by atoms with van der Waals surface area (Å²) in [6, 6.07) is 0. The molecule has 0 unspecified atom stereocenters. The van der Waals surface area contributed by atoms with Crippen molar-refractivity contribution in [1.82, 2.24) is 0 Å². The summed E-state index contributed by atoms with van der Waals surface area (Å²) in [5.74, 6) is -10.6. The third-order valence-electron chi connectivity index (χ3n) is 3.40. The van der Waals surface area contributed by atoms with E-state index in [9.17, 15) is 35.1 Å². The van der Waals surface area contributed by atoms with E-state index in [1.165, 1.54) is 0 Å². The Morgan fingerprint density at radius 2 is 0.385 bits per heavy atom. The molecule has 0 spiro atoms. The largest absolute Gasteiger partial charge is 0.203 e. The van der Waals surface area contributed by atoms with E-state index in [0.29, 0.717) is 0 Å². The van der Waals surface area contributed by atoms with Crippen LogP contribution in [0.1, 0.15) is 22.3 Å². The lowest BCUT2D eigenvalue weighted by atomic mass is 10.1. The fourth-order valence-corrected chi connectivity index (χ4v) is 1.70. The lowest BCUT2D eigenvalue weighted by Gasteiger charge is -2.04. The van der Waals surface area contributed by atoms with Gasteiger partial charge in [0.2, 0.25) is 0 Å². The molecule has 2 rings (SSSR count). The SMILES string of the molecule is Br.Br.Cc1c(F)c(F)c(C)c(F)c1F.Cc1c(F)c(F)c(C)c(F)c1F. The van der Waals surface area contributed by atoms with Crippen molar-refractivity contribution in [3.63, 3.8) is 0 Å². The van der Waals surface area contributed by atoms with E-state index in [-0.39, 0.29) is 34.0 Å². The van der Waals surface area contributed by atoms with Gasteiger partial charge < -0.3 is 0 Å². The van der Waals surface area contributed by atoms with Gasteiger partial charge in [0, 0.05) is 22.3 Å². The fraction of sp³-hybridized carbons (Fsp3) is 0.250. The summed E-state index contributed by atoms with van der Waals surface area (Å²) in [5, 5.41) is 0. The molecule has 0 nitrogen and oxygen atoms in total. The Morgan fingerprint density at radius 1 is 0.308 bits per heavy atom. The minimum Gasteiger partial charge on any atom is -0.203 e. The van der Waals surface area contributed by atoms with Crippen LogP contribution in [0.2, 0.25) is 0 Å². The number of benzene rings is 2. The van der Waals surface area contributed by atoms with Gasteiger partial charge >= 0.3 is 0 Å². The van der Waals surface area contributed by atoms with Crippen LogP contribution in [0.25, 0.3) is 0 Å². The minimum atomic E-state index is -1.33. The standard InChI is InChI=1S/2C8H6F4.2BrH/c2*1-3-5(9)7(11)4(2)8(12)6(3)10;;/h2*1-2H3;2*1H. The van der Waals surface area contributed by atoms with Gasteiger partial charge in [-0.15, -0.1) is 34.0 Å². The van der Waals surface area contributed by atoms with Crippen molar-refractivity contribution >= 4 is 34.0 Å². The highest BCUT2D eigenvalue weighted by molar-refractivity contribution is 8.93. The van der Waals surface area contributed by atoms with E-state index >= 15 is 0 Å². The molecule has 148 valence electrons. The zero-order chi connectivity index (χ0) is 18.9. The molecule has 0 aliphatic rings. The molecular formula is C16H14Br2F8. The Hall–Kier alpha value is -1.16. The van der Waals surface area contributed by atoms with E-state index in [1.54, 1.807) is 0 Å². The van der Waals surface area contributed by atoms with Gasteiger partial charge in [0.15, 0.2) is 46.5 Å². The molecule has 0 aliphatic heterocycles. The Balaban J connectivity index is 0. The van der Waals surface area contributed by atoms with Gasteiger partial charge in [-0.25, -0.2) is 35.1 Å². The first-order valence-corrected chi connectivity index (χ1v) is 6.51. The Labute approximate surface area is 165 Å². The van der Waals surface area contributed by atoms with Crippen LogP contribution in [0.3, 0.4) is 0 Å². The third-order valence-corrected chi connectivity index (χ3v) is 3.40. The molecule has 0 radical (unpaired) electrons. The molecule has 0 saturated carbocycles. The van der Waals surface area contributed by atoms with E-state index in [4.69, 9.17) is 0 Å². The van der Waals surface area contributed by atoms with Crippen LogP contribution in [0.15, 0.2) is 0 Å². The molecule has 2 aromatic rings. The van der Waals surface area contributed by atoms with Crippen molar-refractivity contribution in [1.29, 1.82) is 0 Å². The van der Waals surface area contributed by atoms with E-state index in [0.717, 1.165) is 27.7 Å². The van der Waals surface area contributed by atoms with Crippen molar-refractivity contribution in [2.45, 2.75) is 27.7 Å². The molecule has 0 aliphatic carbocycles. The highest BCUT2D eigenvalue weighted by Gasteiger charge is 2.20. The molecule has 0 amide bonds. The molecule has 0 heterocycles. The second-order valence-corrected chi connectivity index (χ2v) is 5.01. The average Bonchev–Trinajstić information content (AvgIpc) is 2.58. The quantitative estimate of drug-likeness (QED) is 0.264. The Bertz CT molecular complexity index is 528. The van der Waals surface area contributed by atoms with Gasteiger partial charge in [-0.3, -0.25) is 0 Å². The molecule has 10 heteroatoms. The van der Waals surface area contributed by atoms with Gasteiger partial charge in [-0.1, -0.05) is 0 Å². The fourth-order valence-electron chi connectivity index (χ4n) is 1.70. The highest BCUT2D eigenvalue weighted by Crippen LogP contribution is 2.23. The number of hydrogen-bond donors (Lipinski definition) is 0. The molecule has 0 N–H and O–H groups in total. The highest BCUT2D eigenvalue weighted by atomic mass is 79.9. The first-order chi connectivity index (χ1) is 10.9. The maximum atomic E-state index is 12.7. The zero-order valence-electron chi connectivity index (χ0n) is 13.8. The first kappa shape index (κ1) is 27.1. The van der Waals surface area contributed by atoms with Crippen LogP contribution < -0.4 is 0 Å². The van der Waals surface area contributed by atoms with Gasteiger partial charge in [0.1, 0.15) is 0 Å². The van der Waals surface area contributed by atoms with E-state index in [2.05, 4.69) is 0 Å². The monoisotopic (exact) mass is 516 g/mol. The predicted molar refractivity (Wildman–Crippen MR) is 92.1 cm³/mol. The molecular weight excluding hydrogens is 504 g/mol. The summed E-state index contributed by atoms with van der Waals surface area (Å²) >= 11 is 0. The first-order valence-electron chi connectivity index (χ1n) is 6.51. The van der Waals surface area contributed by atoms with Crippen molar-refractivity contribution in [2.75, 3.05) is 0 Å². The molecule has 0 fully saturated rings. The second kappa shape index (κ2) is 10.2. The summed E-state index contributed by atoms with van der Waals surface area (Å²) in [6.45, 7) is 3.93. The molecule has 0 aromatic heterocycles. The molecule has 2 aromatic carbocycles. The van der Waals surface area contributed by atoms with Crippen LogP contribution in [-0.4, -0.2) is 0 Å². The van der Waals surface area contributed by atoms with Crippen molar-refractivity contribution in [3.05, 3.63) is 68.8 Å². The number of halogens is 10. The third kappa shape index (κ3) is 4.97. The summed E-state index contributed by atoms with van der Waals surface area (Å²) < 4.78 is 101. The van der Waals surface area contributed by atoms with Gasteiger partial charge in [0.25, 0.3) is 0 Å². The minimum absolute atomic E-state index is 0. The molecule has 0 saturated heterocycles. The molecule has 26 heavy (non-hydrogen) atoms.